The molecule has 5 nitrogen and oxygen atoms in total. The Kier molecular flexibility index (Phi) is 4.04. The Labute approximate surface area is 121 Å². The van der Waals surface area contributed by atoms with Crippen molar-refractivity contribution in [2.24, 2.45) is 0 Å². The monoisotopic (exact) mass is 293 g/mol. The molecule has 1 aromatic carbocycles. The van der Waals surface area contributed by atoms with Crippen LogP contribution in [0.15, 0.2) is 40.9 Å². The third-order valence-corrected chi connectivity index (χ3v) is 3.39. The predicted molar refractivity (Wildman–Crippen MR) is 76.2 cm³/mol. The summed E-state index contributed by atoms with van der Waals surface area (Å²) in [4.78, 5) is 24.5. The fraction of sp³-hybridized carbons (Fsp3) is 0.286. The van der Waals surface area contributed by atoms with Gasteiger partial charge in [-0.3, -0.25) is 0 Å². The first-order valence-electron chi connectivity index (χ1n) is 5.99. The van der Waals surface area contributed by atoms with Gasteiger partial charge in [0.2, 0.25) is 0 Å². The number of cyclic esters (lactones) is 2. The highest BCUT2D eigenvalue weighted by Gasteiger charge is 2.38. The number of rotatable bonds is 3. The smallest absolute Gasteiger partial charge is 0.350 e. The lowest BCUT2D eigenvalue weighted by Gasteiger charge is -2.29. The van der Waals surface area contributed by atoms with Gasteiger partial charge in [0, 0.05) is 24.9 Å². The van der Waals surface area contributed by atoms with E-state index in [0.717, 1.165) is 10.6 Å². The first-order chi connectivity index (χ1) is 9.43. The van der Waals surface area contributed by atoms with E-state index in [4.69, 9.17) is 9.47 Å². The minimum absolute atomic E-state index is 0.153. The molecule has 0 aromatic heterocycles. The fourth-order valence-electron chi connectivity index (χ4n) is 1.69. The molecule has 0 saturated carbocycles. The van der Waals surface area contributed by atoms with E-state index in [1.165, 1.54) is 20.0 Å². The van der Waals surface area contributed by atoms with Crippen LogP contribution in [0.25, 0.3) is 0 Å². The third kappa shape index (κ3) is 3.14. The van der Waals surface area contributed by atoms with E-state index < -0.39 is 17.7 Å². The summed E-state index contributed by atoms with van der Waals surface area (Å²) in [7, 11) is 0. The fourth-order valence-corrected chi connectivity index (χ4v) is 2.25. The van der Waals surface area contributed by atoms with Crippen LogP contribution >= 0.6 is 11.8 Å². The van der Waals surface area contributed by atoms with Crippen LogP contribution in [-0.4, -0.2) is 24.0 Å². The Morgan fingerprint density at radius 2 is 1.75 bits per heavy atom. The summed E-state index contributed by atoms with van der Waals surface area (Å²) in [6.07, 6.45) is 3.26. The van der Waals surface area contributed by atoms with Gasteiger partial charge in [-0.1, -0.05) is 12.1 Å². The first-order valence-corrected chi connectivity index (χ1v) is 7.22. The van der Waals surface area contributed by atoms with Crippen LogP contribution in [0.4, 0.5) is 5.69 Å². The van der Waals surface area contributed by atoms with E-state index in [9.17, 15) is 9.59 Å². The molecule has 6 heteroatoms. The summed E-state index contributed by atoms with van der Waals surface area (Å²) in [5.41, 5.74) is 0.651. The summed E-state index contributed by atoms with van der Waals surface area (Å²) >= 11 is 1.56. The number of thioether (sulfide) groups is 1. The molecule has 0 atom stereocenters. The van der Waals surface area contributed by atoms with E-state index in [-0.39, 0.29) is 5.57 Å². The van der Waals surface area contributed by atoms with Crippen LogP contribution in [0.3, 0.4) is 0 Å². The lowest BCUT2D eigenvalue weighted by molar-refractivity contribution is -0.222. The van der Waals surface area contributed by atoms with Crippen molar-refractivity contribution in [1.29, 1.82) is 0 Å². The van der Waals surface area contributed by atoms with Crippen molar-refractivity contribution < 1.29 is 19.1 Å². The second kappa shape index (κ2) is 5.58. The lowest BCUT2D eigenvalue weighted by Crippen LogP contribution is -2.42. The molecule has 1 saturated heterocycles. The van der Waals surface area contributed by atoms with Crippen molar-refractivity contribution in [2.45, 2.75) is 24.5 Å². The standard InChI is InChI=1S/C14H15NO4S/c1-14(2)18-12(16)9(13(17)19-14)8-15-10-6-4-5-7-11(10)20-3/h4-8,15H,1-3H3. The zero-order valence-electron chi connectivity index (χ0n) is 11.4. The van der Waals surface area contributed by atoms with Crippen LogP contribution in [0.5, 0.6) is 0 Å². The van der Waals surface area contributed by atoms with Crippen molar-refractivity contribution in [3.05, 3.63) is 36.0 Å². The maximum absolute atomic E-state index is 11.8. The van der Waals surface area contributed by atoms with Crippen molar-refractivity contribution >= 4 is 29.4 Å². The Morgan fingerprint density at radius 3 is 2.35 bits per heavy atom. The van der Waals surface area contributed by atoms with Crippen LogP contribution < -0.4 is 5.32 Å². The van der Waals surface area contributed by atoms with Crippen LogP contribution in [0.1, 0.15) is 13.8 Å². The van der Waals surface area contributed by atoms with Crippen LogP contribution in [0, 0.1) is 0 Å². The topological polar surface area (TPSA) is 64.6 Å². The Balaban J connectivity index is 2.19. The van der Waals surface area contributed by atoms with E-state index in [1.807, 2.05) is 30.5 Å². The van der Waals surface area contributed by atoms with Gasteiger partial charge >= 0.3 is 11.9 Å². The maximum Gasteiger partial charge on any atom is 0.350 e. The number of anilines is 1. The molecule has 0 aliphatic carbocycles. The SMILES string of the molecule is CSc1ccccc1NC=C1C(=O)OC(C)(C)OC1=O. The van der Waals surface area contributed by atoms with Gasteiger partial charge in [0.15, 0.2) is 5.57 Å². The Morgan fingerprint density at radius 1 is 1.15 bits per heavy atom. The minimum Gasteiger partial charge on any atom is -0.419 e. The number of nitrogens with one attached hydrogen (secondary N) is 1. The molecule has 0 unspecified atom stereocenters. The minimum atomic E-state index is -1.22. The van der Waals surface area contributed by atoms with Crippen molar-refractivity contribution in [3.8, 4) is 0 Å². The Hall–Kier alpha value is -1.95. The lowest BCUT2D eigenvalue weighted by atomic mass is 10.2. The highest BCUT2D eigenvalue weighted by atomic mass is 32.2. The zero-order chi connectivity index (χ0) is 14.8. The average molecular weight is 293 g/mol. The van der Waals surface area contributed by atoms with Crippen LogP contribution in [-0.2, 0) is 19.1 Å². The molecule has 0 bridgehead atoms. The predicted octanol–water partition coefficient (Wildman–Crippen LogP) is 2.54. The summed E-state index contributed by atoms with van der Waals surface area (Å²) in [5.74, 6) is -2.61. The normalized spacial score (nSPS) is 17.2. The molecule has 0 amide bonds. The van der Waals surface area contributed by atoms with Crippen molar-refractivity contribution in [2.75, 3.05) is 11.6 Å². The van der Waals surface area contributed by atoms with E-state index in [0.29, 0.717) is 0 Å². The van der Waals surface area contributed by atoms with E-state index in [2.05, 4.69) is 5.32 Å². The summed E-state index contributed by atoms with van der Waals surface area (Å²) in [6.45, 7) is 3.02. The van der Waals surface area contributed by atoms with Crippen LogP contribution in [0.2, 0.25) is 0 Å². The third-order valence-electron chi connectivity index (χ3n) is 2.60. The number of carbonyl (C=O) groups excluding carboxylic acids is 2. The molecule has 20 heavy (non-hydrogen) atoms. The quantitative estimate of drug-likeness (QED) is 0.400. The molecule has 0 radical (unpaired) electrons. The molecular formula is C14H15NO4S. The van der Waals surface area contributed by atoms with Gasteiger partial charge in [0.1, 0.15) is 0 Å². The van der Waals surface area contributed by atoms with Gasteiger partial charge < -0.3 is 14.8 Å². The second-order valence-corrected chi connectivity index (χ2v) is 5.43. The molecule has 1 heterocycles. The molecule has 1 aromatic rings. The molecule has 106 valence electrons. The number of carbonyl (C=O) groups is 2. The van der Waals surface area contributed by atoms with Gasteiger partial charge in [-0.15, -0.1) is 11.8 Å². The van der Waals surface area contributed by atoms with Crippen molar-refractivity contribution in [3.63, 3.8) is 0 Å². The molecule has 1 N–H and O–H groups in total. The second-order valence-electron chi connectivity index (χ2n) is 4.58. The molecule has 1 aliphatic rings. The average Bonchev–Trinajstić information content (AvgIpc) is 2.36. The first kappa shape index (κ1) is 14.5. The summed E-state index contributed by atoms with van der Waals surface area (Å²) < 4.78 is 10.0. The van der Waals surface area contributed by atoms with E-state index >= 15 is 0 Å². The number of ether oxygens (including phenoxy) is 2. The molecule has 1 fully saturated rings. The van der Waals surface area contributed by atoms with Gasteiger partial charge in [-0.2, -0.15) is 0 Å². The zero-order valence-corrected chi connectivity index (χ0v) is 12.2. The highest BCUT2D eigenvalue weighted by Crippen LogP contribution is 2.26. The summed E-state index contributed by atoms with van der Waals surface area (Å²) in [5, 5.41) is 2.94. The molecule has 0 spiro atoms. The number of para-hydroxylation sites is 1. The van der Waals surface area contributed by atoms with Gasteiger partial charge in [-0.25, -0.2) is 9.59 Å². The number of esters is 2. The van der Waals surface area contributed by atoms with Gasteiger partial charge in [0.25, 0.3) is 5.79 Å². The molecular weight excluding hydrogens is 278 g/mol. The van der Waals surface area contributed by atoms with E-state index in [1.54, 1.807) is 11.8 Å². The maximum atomic E-state index is 11.8. The largest absolute Gasteiger partial charge is 0.419 e. The molecule has 2 rings (SSSR count). The summed E-state index contributed by atoms with van der Waals surface area (Å²) in [6, 6.07) is 7.56. The number of hydrogen-bond acceptors (Lipinski definition) is 6. The van der Waals surface area contributed by atoms with Gasteiger partial charge in [0.05, 0.1) is 5.69 Å². The number of hydrogen-bond donors (Lipinski definition) is 1. The van der Waals surface area contributed by atoms with Gasteiger partial charge in [-0.05, 0) is 18.4 Å². The highest BCUT2D eigenvalue weighted by molar-refractivity contribution is 7.98. The van der Waals surface area contributed by atoms with Crippen molar-refractivity contribution in [1.82, 2.24) is 0 Å². The molecule has 1 aliphatic heterocycles. The number of benzene rings is 1. The Bertz CT molecular complexity index is 558.